The fraction of sp³-hybridized carbons (Fsp3) is 1.00. The van der Waals surface area contributed by atoms with Crippen LogP contribution in [0.2, 0.25) is 0 Å². The first-order valence-corrected chi connectivity index (χ1v) is 10.2. The van der Waals surface area contributed by atoms with Gasteiger partial charge in [0.05, 0.1) is 11.5 Å². The number of rotatable bonds is 4. The molecule has 3 atom stereocenters. The molecule has 0 aromatic carbocycles. The smallest absolute Gasteiger partial charge is 0.151 e. The zero-order chi connectivity index (χ0) is 14.9. The van der Waals surface area contributed by atoms with Gasteiger partial charge in [-0.1, -0.05) is 0 Å². The van der Waals surface area contributed by atoms with Crippen LogP contribution in [0.1, 0.15) is 25.7 Å². The minimum atomic E-state index is -2.75. The zero-order valence-electron chi connectivity index (χ0n) is 13.1. The first-order valence-electron chi connectivity index (χ1n) is 8.40. The number of nitrogens with one attached hydrogen (secondary N) is 1. The Morgan fingerprint density at radius 1 is 1.19 bits per heavy atom. The summed E-state index contributed by atoms with van der Waals surface area (Å²) in [6.45, 7) is 5.66. The molecule has 3 aliphatic heterocycles. The van der Waals surface area contributed by atoms with E-state index in [9.17, 15) is 8.42 Å². The number of hydrogen-bond donors (Lipinski definition) is 1. The van der Waals surface area contributed by atoms with Gasteiger partial charge in [0, 0.05) is 31.7 Å². The van der Waals surface area contributed by atoms with Crippen molar-refractivity contribution in [3.8, 4) is 0 Å². The second kappa shape index (κ2) is 6.52. The molecule has 0 saturated carbocycles. The van der Waals surface area contributed by atoms with Gasteiger partial charge in [-0.15, -0.1) is 0 Å². The molecule has 0 radical (unpaired) electrons. The summed E-state index contributed by atoms with van der Waals surface area (Å²) in [4.78, 5) is 5.12. The number of hydrogen-bond acceptors (Lipinski definition) is 5. The number of sulfone groups is 1. The second-order valence-corrected chi connectivity index (χ2v) is 9.32. The third-order valence-electron chi connectivity index (χ3n) is 5.52. The van der Waals surface area contributed by atoms with Crippen molar-refractivity contribution in [1.82, 2.24) is 15.1 Å². The Kier molecular flexibility index (Phi) is 4.88. The maximum atomic E-state index is 11.4. The van der Waals surface area contributed by atoms with Gasteiger partial charge in [0.25, 0.3) is 0 Å². The fourth-order valence-electron chi connectivity index (χ4n) is 4.31. The lowest BCUT2D eigenvalue weighted by atomic mass is 9.84. The molecule has 3 fully saturated rings. The minimum absolute atomic E-state index is 0.188. The quantitative estimate of drug-likeness (QED) is 0.802. The van der Waals surface area contributed by atoms with Gasteiger partial charge in [-0.2, -0.15) is 0 Å². The van der Waals surface area contributed by atoms with Gasteiger partial charge in [-0.05, 0) is 51.7 Å². The summed E-state index contributed by atoms with van der Waals surface area (Å²) in [7, 11) is -0.482. The van der Waals surface area contributed by atoms with Crippen molar-refractivity contribution in [3.63, 3.8) is 0 Å². The summed E-state index contributed by atoms with van der Waals surface area (Å²) in [5.74, 6) is 1.54. The van der Waals surface area contributed by atoms with Crippen LogP contribution in [0.3, 0.4) is 0 Å². The van der Waals surface area contributed by atoms with Crippen molar-refractivity contribution in [1.29, 1.82) is 0 Å². The molecular formula is C15H29N3O2S. The number of piperidine rings is 2. The molecule has 0 aliphatic carbocycles. The highest BCUT2D eigenvalue weighted by Gasteiger charge is 2.34. The highest BCUT2D eigenvalue weighted by Crippen LogP contribution is 2.29. The predicted molar refractivity (Wildman–Crippen MR) is 85.3 cm³/mol. The summed E-state index contributed by atoms with van der Waals surface area (Å²) < 4.78 is 22.9. The SMILES string of the molecule is CN1CCCC2CN(CCNC3CCS(=O)(=O)C3)CCC21. The van der Waals surface area contributed by atoms with E-state index in [0.29, 0.717) is 11.5 Å². The van der Waals surface area contributed by atoms with Crippen LogP contribution >= 0.6 is 0 Å². The van der Waals surface area contributed by atoms with E-state index in [-0.39, 0.29) is 6.04 Å². The molecule has 3 aliphatic rings. The van der Waals surface area contributed by atoms with Crippen LogP contribution in [-0.4, -0.2) is 81.6 Å². The molecule has 0 aromatic rings. The normalized spacial score (nSPS) is 37.5. The Morgan fingerprint density at radius 2 is 2.05 bits per heavy atom. The Bertz CT molecular complexity index is 454. The molecule has 0 bridgehead atoms. The standard InChI is InChI=1S/C15H29N3O2S/c1-17-7-2-3-13-11-18(8-4-15(13)17)9-6-16-14-5-10-21(19,20)12-14/h13-16H,2-12H2,1H3. The van der Waals surface area contributed by atoms with Gasteiger partial charge >= 0.3 is 0 Å². The minimum Gasteiger partial charge on any atom is -0.312 e. The molecule has 5 nitrogen and oxygen atoms in total. The van der Waals surface area contributed by atoms with Gasteiger partial charge in [0.2, 0.25) is 0 Å². The molecule has 122 valence electrons. The van der Waals surface area contributed by atoms with Crippen molar-refractivity contribution in [2.45, 2.75) is 37.8 Å². The van der Waals surface area contributed by atoms with Crippen LogP contribution in [0.4, 0.5) is 0 Å². The van der Waals surface area contributed by atoms with E-state index in [1.165, 1.54) is 38.9 Å². The number of nitrogens with zero attached hydrogens (tertiary/aromatic N) is 2. The van der Waals surface area contributed by atoms with Crippen molar-refractivity contribution >= 4 is 9.84 Å². The van der Waals surface area contributed by atoms with Gasteiger partial charge in [0.15, 0.2) is 9.84 Å². The van der Waals surface area contributed by atoms with Crippen LogP contribution in [0.5, 0.6) is 0 Å². The lowest BCUT2D eigenvalue weighted by Crippen LogP contribution is -2.53. The van der Waals surface area contributed by atoms with Crippen LogP contribution in [-0.2, 0) is 9.84 Å². The third-order valence-corrected chi connectivity index (χ3v) is 7.29. The maximum absolute atomic E-state index is 11.4. The molecule has 3 heterocycles. The van der Waals surface area contributed by atoms with E-state index in [1.54, 1.807) is 0 Å². The summed E-state index contributed by atoms with van der Waals surface area (Å²) in [5, 5.41) is 3.43. The molecule has 6 heteroatoms. The van der Waals surface area contributed by atoms with Gasteiger partial charge < -0.3 is 15.1 Å². The fourth-order valence-corrected chi connectivity index (χ4v) is 6.02. The van der Waals surface area contributed by atoms with Gasteiger partial charge in [-0.3, -0.25) is 0 Å². The van der Waals surface area contributed by atoms with Crippen LogP contribution in [0.15, 0.2) is 0 Å². The van der Waals surface area contributed by atoms with E-state index >= 15 is 0 Å². The average Bonchev–Trinajstić information content (AvgIpc) is 2.78. The molecule has 3 unspecified atom stereocenters. The Hall–Kier alpha value is -0.170. The summed E-state index contributed by atoms with van der Waals surface area (Å²) in [5.41, 5.74) is 0. The lowest BCUT2D eigenvalue weighted by molar-refractivity contribution is 0.0389. The molecular weight excluding hydrogens is 286 g/mol. The summed E-state index contributed by atoms with van der Waals surface area (Å²) in [6.07, 6.45) is 4.79. The molecule has 1 N–H and O–H groups in total. The average molecular weight is 315 g/mol. The first kappa shape index (κ1) is 15.7. The predicted octanol–water partition coefficient (Wildman–Crippen LogP) is 0.179. The van der Waals surface area contributed by atoms with Crippen LogP contribution in [0, 0.1) is 5.92 Å². The van der Waals surface area contributed by atoms with Crippen molar-refractivity contribution in [2.24, 2.45) is 5.92 Å². The highest BCUT2D eigenvalue weighted by atomic mass is 32.2. The Labute approximate surface area is 129 Å². The topological polar surface area (TPSA) is 52.6 Å². The van der Waals surface area contributed by atoms with Gasteiger partial charge in [-0.25, -0.2) is 8.42 Å². The van der Waals surface area contributed by atoms with Crippen LogP contribution < -0.4 is 5.32 Å². The molecule has 3 saturated heterocycles. The van der Waals surface area contributed by atoms with E-state index in [0.717, 1.165) is 31.5 Å². The molecule has 0 spiro atoms. The largest absolute Gasteiger partial charge is 0.312 e. The molecule has 0 aromatic heterocycles. The maximum Gasteiger partial charge on any atom is 0.151 e. The van der Waals surface area contributed by atoms with Crippen molar-refractivity contribution < 1.29 is 8.42 Å². The summed E-state index contributed by atoms with van der Waals surface area (Å²) in [6, 6.07) is 0.983. The zero-order valence-corrected chi connectivity index (χ0v) is 13.9. The Morgan fingerprint density at radius 3 is 2.81 bits per heavy atom. The van der Waals surface area contributed by atoms with E-state index < -0.39 is 9.84 Å². The van der Waals surface area contributed by atoms with Crippen LogP contribution in [0.25, 0.3) is 0 Å². The molecule has 0 amide bonds. The summed E-state index contributed by atoms with van der Waals surface area (Å²) >= 11 is 0. The van der Waals surface area contributed by atoms with Crippen molar-refractivity contribution in [2.75, 3.05) is 51.3 Å². The third kappa shape index (κ3) is 3.97. The van der Waals surface area contributed by atoms with E-state index in [2.05, 4.69) is 22.2 Å². The number of fused-ring (bicyclic) bond motifs is 1. The highest BCUT2D eigenvalue weighted by molar-refractivity contribution is 7.91. The number of likely N-dealkylation sites (tertiary alicyclic amines) is 2. The molecule has 21 heavy (non-hydrogen) atoms. The first-order chi connectivity index (χ1) is 10.0. The van der Waals surface area contributed by atoms with E-state index in [4.69, 9.17) is 0 Å². The molecule has 3 rings (SSSR count). The van der Waals surface area contributed by atoms with Gasteiger partial charge in [0.1, 0.15) is 0 Å². The Balaban J connectivity index is 1.39. The van der Waals surface area contributed by atoms with E-state index in [1.807, 2.05) is 0 Å². The lowest BCUT2D eigenvalue weighted by Gasteiger charge is -2.46. The van der Waals surface area contributed by atoms with Crippen molar-refractivity contribution in [3.05, 3.63) is 0 Å². The monoisotopic (exact) mass is 315 g/mol. The second-order valence-electron chi connectivity index (χ2n) is 7.09.